The monoisotopic (exact) mass is 432 g/mol. The van der Waals surface area contributed by atoms with Crippen molar-refractivity contribution in [1.29, 1.82) is 0 Å². The fourth-order valence-corrected chi connectivity index (χ4v) is 6.18. The molecule has 29 heavy (non-hydrogen) atoms. The van der Waals surface area contributed by atoms with Crippen molar-refractivity contribution >= 4 is 34.5 Å². The Hall–Kier alpha value is -1.80. The number of rotatable bonds is 3. The SMILES string of the molecule is Cc1nc(C)c(C(=O)N2CCC(c3nc(C(=O)N4CCCCC4C)cs3)CC2)s1. The van der Waals surface area contributed by atoms with Crippen molar-refractivity contribution < 1.29 is 9.59 Å². The van der Waals surface area contributed by atoms with Gasteiger partial charge in [0, 0.05) is 37.0 Å². The molecule has 2 fully saturated rings. The van der Waals surface area contributed by atoms with Crippen LogP contribution in [-0.4, -0.2) is 57.3 Å². The highest BCUT2D eigenvalue weighted by Crippen LogP contribution is 2.32. The van der Waals surface area contributed by atoms with Gasteiger partial charge in [0.25, 0.3) is 11.8 Å². The molecule has 2 aliphatic rings. The Morgan fingerprint density at radius 2 is 1.79 bits per heavy atom. The minimum Gasteiger partial charge on any atom is -0.338 e. The van der Waals surface area contributed by atoms with Crippen molar-refractivity contribution in [1.82, 2.24) is 19.8 Å². The summed E-state index contributed by atoms with van der Waals surface area (Å²) in [4.78, 5) is 39.4. The molecule has 6 nitrogen and oxygen atoms in total. The van der Waals surface area contributed by atoms with Crippen LogP contribution in [0.5, 0.6) is 0 Å². The number of hydrogen-bond donors (Lipinski definition) is 0. The van der Waals surface area contributed by atoms with Crippen molar-refractivity contribution in [3.8, 4) is 0 Å². The van der Waals surface area contributed by atoms with Crippen LogP contribution in [0.3, 0.4) is 0 Å². The van der Waals surface area contributed by atoms with Gasteiger partial charge in [0.15, 0.2) is 0 Å². The van der Waals surface area contributed by atoms with E-state index in [0.29, 0.717) is 17.7 Å². The predicted molar refractivity (Wildman–Crippen MR) is 116 cm³/mol. The molecule has 4 rings (SSSR count). The lowest BCUT2D eigenvalue weighted by molar-refractivity contribution is 0.0630. The quantitative estimate of drug-likeness (QED) is 0.727. The van der Waals surface area contributed by atoms with Crippen LogP contribution < -0.4 is 0 Å². The normalized spacial score (nSPS) is 20.9. The van der Waals surface area contributed by atoms with E-state index >= 15 is 0 Å². The standard InChI is InChI=1S/C21H28N4O2S2/c1-13-6-4-5-9-25(13)20(26)17-12-28-19(23-17)16-7-10-24(11-8-16)21(27)18-14(2)22-15(3)29-18/h12-13,16H,4-11H2,1-3H3. The van der Waals surface area contributed by atoms with Gasteiger partial charge in [-0.25, -0.2) is 9.97 Å². The first-order chi connectivity index (χ1) is 13.9. The lowest BCUT2D eigenvalue weighted by atomic mass is 9.97. The summed E-state index contributed by atoms with van der Waals surface area (Å²) in [6.45, 7) is 8.26. The molecule has 0 aromatic carbocycles. The van der Waals surface area contributed by atoms with Gasteiger partial charge < -0.3 is 9.80 Å². The second-order valence-electron chi connectivity index (χ2n) is 8.13. The summed E-state index contributed by atoms with van der Waals surface area (Å²) in [5.74, 6) is 0.498. The van der Waals surface area contributed by atoms with Gasteiger partial charge in [0.1, 0.15) is 10.6 Å². The number of carbonyl (C=O) groups is 2. The number of amides is 2. The third kappa shape index (κ3) is 4.23. The van der Waals surface area contributed by atoms with E-state index in [-0.39, 0.29) is 11.8 Å². The molecule has 2 aliphatic heterocycles. The highest BCUT2D eigenvalue weighted by Gasteiger charge is 2.30. The second kappa shape index (κ2) is 8.52. The van der Waals surface area contributed by atoms with Gasteiger partial charge in [-0.15, -0.1) is 22.7 Å². The zero-order valence-electron chi connectivity index (χ0n) is 17.3. The molecule has 0 saturated carbocycles. The van der Waals surface area contributed by atoms with Gasteiger partial charge in [0.2, 0.25) is 0 Å². The molecule has 1 atom stereocenters. The summed E-state index contributed by atoms with van der Waals surface area (Å²) in [5, 5.41) is 3.89. The Bertz CT molecular complexity index is 898. The Morgan fingerprint density at radius 3 is 2.45 bits per heavy atom. The number of aromatic nitrogens is 2. The smallest absolute Gasteiger partial charge is 0.273 e. The zero-order valence-corrected chi connectivity index (χ0v) is 18.9. The van der Waals surface area contributed by atoms with Crippen LogP contribution >= 0.6 is 22.7 Å². The summed E-state index contributed by atoms with van der Waals surface area (Å²) in [6, 6.07) is 0.300. The molecule has 2 aromatic heterocycles. The van der Waals surface area contributed by atoms with Crippen molar-refractivity contribution in [2.75, 3.05) is 19.6 Å². The zero-order chi connectivity index (χ0) is 20.5. The Balaban J connectivity index is 1.37. The molecule has 4 heterocycles. The molecule has 0 N–H and O–H groups in total. The number of carbonyl (C=O) groups excluding carboxylic acids is 2. The van der Waals surface area contributed by atoms with Crippen molar-refractivity contribution in [2.45, 2.75) is 64.8 Å². The third-order valence-corrected chi connectivity index (χ3v) is 8.10. The van der Waals surface area contributed by atoms with Crippen LogP contribution in [0.2, 0.25) is 0 Å². The van der Waals surface area contributed by atoms with E-state index in [0.717, 1.165) is 65.9 Å². The van der Waals surface area contributed by atoms with E-state index in [1.54, 1.807) is 11.3 Å². The molecule has 1 unspecified atom stereocenters. The number of nitrogens with zero attached hydrogens (tertiary/aromatic N) is 4. The fraction of sp³-hybridized carbons (Fsp3) is 0.619. The lowest BCUT2D eigenvalue weighted by Gasteiger charge is -2.33. The Kier molecular flexibility index (Phi) is 6.01. The molecule has 156 valence electrons. The molecule has 0 radical (unpaired) electrons. The number of thiazole rings is 2. The topological polar surface area (TPSA) is 66.4 Å². The van der Waals surface area contributed by atoms with E-state index < -0.39 is 0 Å². The maximum Gasteiger partial charge on any atom is 0.273 e. The van der Waals surface area contributed by atoms with Crippen LogP contribution in [0.4, 0.5) is 0 Å². The molecule has 0 bridgehead atoms. The number of likely N-dealkylation sites (tertiary alicyclic amines) is 2. The summed E-state index contributed by atoms with van der Waals surface area (Å²) < 4.78 is 0. The minimum absolute atomic E-state index is 0.0726. The summed E-state index contributed by atoms with van der Waals surface area (Å²) >= 11 is 3.07. The van der Waals surface area contributed by atoms with Crippen LogP contribution in [0.1, 0.15) is 80.8 Å². The van der Waals surface area contributed by atoms with E-state index in [1.165, 1.54) is 17.8 Å². The summed E-state index contributed by atoms with van der Waals surface area (Å²) in [5.41, 5.74) is 1.42. The van der Waals surface area contributed by atoms with Gasteiger partial charge in [-0.3, -0.25) is 9.59 Å². The molecule has 0 spiro atoms. The average molecular weight is 433 g/mol. The Morgan fingerprint density at radius 1 is 1.03 bits per heavy atom. The molecule has 8 heteroatoms. The van der Waals surface area contributed by atoms with Crippen LogP contribution in [0.15, 0.2) is 5.38 Å². The van der Waals surface area contributed by atoms with Crippen LogP contribution in [0.25, 0.3) is 0 Å². The maximum absolute atomic E-state index is 12.9. The Labute approximate surface area is 180 Å². The first-order valence-corrected chi connectivity index (χ1v) is 12.1. The summed E-state index contributed by atoms with van der Waals surface area (Å²) in [6.07, 6.45) is 5.14. The maximum atomic E-state index is 12.9. The largest absolute Gasteiger partial charge is 0.338 e. The van der Waals surface area contributed by atoms with E-state index in [1.807, 2.05) is 29.0 Å². The molecule has 2 amide bonds. The van der Waals surface area contributed by atoms with Gasteiger partial charge in [-0.2, -0.15) is 0 Å². The second-order valence-corrected chi connectivity index (χ2v) is 10.2. The first kappa shape index (κ1) is 20.5. The van der Waals surface area contributed by atoms with Gasteiger partial charge >= 0.3 is 0 Å². The molecule has 0 aliphatic carbocycles. The molecular formula is C21H28N4O2S2. The van der Waals surface area contributed by atoms with Crippen LogP contribution in [-0.2, 0) is 0 Å². The highest BCUT2D eigenvalue weighted by atomic mass is 32.1. The molecular weight excluding hydrogens is 404 g/mol. The van der Waals surface area contributed by atoms with E-state index in [9.17, 15) is 9.59 Å². The summed E-state index contributed by atoms with van der Waals surface area (Å²) in [7, 11) is 0. The van der Waals surface area contributed by atoms with Crippen molar-refractivity contribution in [3.63, 3.8) is 0 Å². The minimum atomic E-state index is 0.0726. The third-order valence-electron chi connectivity index (χ3n) is 6.03. The first-order valence-electron chi connectivity index (χ1n) is 10.4. The average Bonchev–Trinajstić information content (AvgIpc) is 3.34. The molecule has 2 saturated heterocycles. The van der Waals surface area contributed by atoms with E-state index in [4.69, 9.17) is 4.98 Å². The fourth-order valence-electron chi connectivity index (χ4n) is 4.32. The number of hydrogen-bond acceptors (Lipinski definition) is 6. The van der Waals surface area contributed by atoms with Gasteiger partial charge in [0.05, 0.1) is 15.7 Å². The lowest BCUT2D eigenvalue weighted by Crippen LogP contribution is -2.42. The van der Waals surface area contributed by atoms with Crippen LogP contribution in [0, 0.1) is 13.8 Å². The number of piperidine rings is 2. The highest BCUT2D eigenvalue weighted by molar-refractivity contribution is 7.13. The van der Waals surface area contributed by atoms with Gasteiger partial charge in [-0.05, 0) is 52.9 Å². The number of aryl methyl sites for hydroxylation is 2. The van der Waals surface area contributed by atoms with Crippen molar-refractivity contribution in [2.24, 2.45) is 0 Å². The van der Waals surface area contributed by atoms with Crippen molar-refractivity contribution in [3.05, 3.63) is 31.7 Å². The van der Waals surface area contributed by atoms with Gasteiger partial charge in [-0.1, -0.05) is 0 Å². The predicted octanol–water partition coefficient (Wildman–Crippen LogP) is 4.25. The molecule has 2 aromatic rings. The van der Waals surface area contributed by atoms with E-state index in [2.05, 4.69) is 11.9 Å².